The smallest absolute Gasteiger partial charge is 0.231 e. The lowest BCUT2D eigenvalue weighted by Gasteiger charge is -2.02. The van der Waals surface area contributed by atoms with Crippen LogP contribution in [-0.2, 0) is 0 Å². The molecule has 0 saturated heterocycles. The second-order valence-electron chi connectivity index (χ2n) is 4.98. The van der Waals surface area contributed by atoms with Crippen LogP contribution in [-0.4, -0.2) is 16.8 Å². The first-order chi connectivity index (χ1) is 11.2. The average molecular weight is 437 g/mol. The third-order valence-corrected chi connectivity index (χ3v) is 4.41. The van der Waals surface area contributed by atoms with Gasteiger partial charge in [-0.25, -0.2) is 9.97 Å². The highest BCUT2D eigenvalue weighted by atomic mass is 127. The Kier molecular flexibility index (Phi) is 3.82. The molecular weight excluding hydrogens is 427 g/mol. The molecule has 2 heterocycles. The molecule has 0 unspecified atom stereocenters. The summed E-state index contributed by atoms with van der Waals surface area (Å²) in [7, 11) is 0. The van der Waals surface area contributed by atoms with Crippen molar-refractivity contribution >= 4 is 57.2 Å². The summed E-state index contributed by atoms with van der Waals surface area (Å²) in [5.41, 5.74) is 1.81. The van der Waals surface area contributed by atoms with Crippen LogP contribution in [0.3, 0.4) is 0 Å². The van der Waals surface area contributed by atoms with E-state index in [1.807, 2.05) is 48.6 Å². The quantitative estimate of drug-likeness (QED) is 0.428. The van der Waals surface area contributed by atoms with E-state index in [1.54, 1.807) is 0 Å². The maximum Gasteiger partial charge on any atom is 0.231 e. The average Bonchev–Trinajstić information content (AvgIpc) is 3.01. The summed E-state index contributed by atoms with van der Waals surface area (Å²) in [4.78, 5) is 8.86. The summed E-state index contributed by atoms with van der Waals surface area (Å²) in [6, 6.07) is 11.7. The minimum atomic E-state index is 0.269. The molecule has 1 aromatic heterocycles. The lowest BCUT2D eigenvalue weighted by atomic mass is 10.2. The number of ether oxygens (including phenoxy) is 2. The Morgan fingerprint density at radius 3 is 2.78 bits per heavy atom. The Morgan fingerprint density at radius 1 is 1.00 bits per heavy atom. The van der Waals surface area contributed by atoms with Crippen molar-refractivity contribution in [2.45, 2.75) is 0 Å². The zero-order valence-corrected chi connectivity index (χ0v) is 14.7. The maximum atomic E-state index is 6.27. The lowest BCUT2D eigenvalue weighted by Crippen LogP contribution is -1.92. The summed E-state index contributed by atoms with van der Waals surface area (Å²) in [6.45, 7) is 0.269. The maximum absolute atomic E-state index is 6.27. The molecule has 0 saturated carbocycles. The summed E-state index contributed by atoms with van der Waals surface area (Å²) in [5.74, 6) is 2.09. The van der Waals surface area contributed by atoms with E-state index in [2.05, 4.69) is 32.6 Å². The van der Waals surface area contributed by atoms with Crippen LogP contribution in [0.25, 0.3) is 23.1 Å². The van der Waals surface area contributed by atoms with Gasteiger partial charge in [0.1, 0.15) is 5.15 Å². The molecule has 0 radical (unpaired) electrons. The van der Waals surface area contributed by atoms with Crippen molar-refractivity contribution in [2.75, 3.05) is 6.79 Å². The Labute approximate surface area is 151 Å². The zero-order valence-electron chi connectivity index (χ0n) is 11.8. The fourth-order valence-corrected chi connectivity index (χ4v) is 3.07. The van der Waals surface area contributed by atoms with Crippen molar-refractivity contribution < 1.29 is 9.47 Å². The molecule has 0 spiro atoms. The number of hydrogen-bond acceptors (Lipinski definition) is 4. The number of aromatic nitrogens is 2. The van der Waals surface area contributed by atoms with Crippen molar-refractivity contribution in [1.82, 2.24) is 9.97 Å². The molecule has 0 atom stereocenters. The molecule has 4 nitrogen and oxygen atoms in total. The van der Waals surface area contributed by atoms with Gasteiger partial charge in [-0.15, -0.1) is 0 Å². The molecule has 114 valence electrons. The van der Waals surface area contributed by atoms with E-state index >= 15 is 0 Å². The topological polar surface area (TPSA) is 44.2 Å². The minimum absolute atomic E-state index is 0.269. The number of benzene rings is 2. The molecule has 4 rings (SSSR count). The van der Waals surface area contributed by atoms with Crippen molar-refractivity contribution in [3.8, 4) is 11.5 Å². The first-order valence-corrected chi connectivity index (χ1v) is 8.35. The van der Waals surface area contributed by atoms with Crippen LogP contribution < -0.4 is 9.47 Å². The highest BCUT2D eigenvalue weighted by Crippen LogP contribution is 2.33. The zero-order chi connectivity index (χ0) is 15.8. The van der Waals surface area contributed by atoms with E-state index in [1.165, 1.54) is 0 Å². The van der Waals surface area contributed by atoms with E-state index in [4.69, 9.17) is 21.1 Å². The van der Waals surface area contributed by atoms with Crippen molar-refractivity contribution in [3.05, 3.63) is 56.5 Å². The summed E-state index contributed by atoms with van der Waals surface area (Å²) < 4.78 is 11.8. The fourth-order valence-electron chi connectivity index (χ4n) is 2.34. The SMILES string of the molecule is Clc1nc(C=Cc2ccc3c(c2)OCO3)nc2ccc(I)cc12. The molecule has 0 N–H and O–H groups in total. The first-order valence-electron chi connectivity index (χ1n) is 6.89. The third-order valence-electron chi connectivity index (χ3n) is 3.45. The van der Waals surface area contributed by atoms with Gasteiger partial charge in [0, 0.05) is 8.96 Å². The van der Waals surface area contributed by atoms with E-state index in [0.717, 1.165) is 31.5 Å². The molecule has 23 heavy (non-hydrogen) atoms. The highest BCUT2D eigenvalue weighted by molar-refractivity contribution is 14.1. The lowest BCUT2D eigenvalue weighted by molar-refractivity contribution is 0.174. The molecule has 0 fully saturated rings. The number of nitrogens with zero attached hydrogens (tertiary/aromatic N) is 2. The minimum Gasteiger partial charge on any atom is -0.454 e. The standard InChI is InChI=1S/C17H10ClIN2O2/c18-17-12-8-11(19)3-4-13(12)20-16(21-17)6-2-10-1-5-14-15(7-10)23-9-22-14/h1-8H,9H2. The van der Waals surface area contributed by atoms with Gasteiger partial charge < -0.3 is 9.47 Å². The van der Waals surface area contributed by atoms with Crippen LogP contribution in [0.4, 0.5) is 0 Å². The van der Waals surface area contributed by atoms with Crippen LogP contribution >= 0.6 is 34.2 Å². The summed E-state index contributed by atoms with van der Waals surface area (Å²) >= 11 is 8.51. The van der Waals surface area contributed by atoms with Crippen molar-refractivity contribution in [2.24, 2.45) is 0 Å². The molecule has 1 aliphatic rings. The molecule has 1 aliphatic heterocycles. The Morgan fingerprint density at radius 2 is 1.87 bits per heavy atom. The van der Waals surface area contributed by atoms with Crippen LogP contribution in [0.1, 0.15) is 11.4 Å². The number of fused-ring (bicyclic) bond motifs is 2. The van der Waals surface area contributed by atoms with Crippen LogP contribution in [0.15, 0.2) is 36.4 Å². The van der Waals surface area contributed by atoms with Gasteiger partial charge in [-0.2, -0.15) is 0 Å². The monoisotopic (exact) mass is 436 g/mol. The fraction of sp³-hybridized carbons (Fsp3) is 0.0588. The predicted molar refractivity (Wildman–Crippen MR) is 98.8 cm³/mol. The number of halogens is 2. The van der Waals surface area contributed by atoms with Gasteiger partial charge in [0.05, 0.1) is 5.52 Å². The third kappa shape index (κ3) is 2.98. The second-order valence-corrected chi connectivity index (χ2v) is 6.58. The highest BCUT2D eigenvalue weighted by Gasteiger charge is 2.12. The number of hydrogen-bond donors (Lipinski definition) is 0. The Balaban J connectivity index is 1.68. The predicted octanol–water partition coefficient (Wildman–Crippen LogP) is 4.79. The normalized spacial score (nSPS) is 13.1. The molecule has 0 bridgehead atoms. The van der Waals surface area contributed by atoms with Gasteiger partial charge in [-0.3, -0.25) is 0 Å². The van der Waals surface area contributed by atoms with Crippen LogP contribution in [0.2, 0.25) is 5.15 Å². The molecule has 0 amide bonds. The molecule has 6 heteroatoms. The molecule has 0 aliphatic carbocycles. The van der Waals surface area contributed by atoms with E-state index in [0.29, 0.717) is 11.0 Å². The van der Waals surface area contributed by atoms with Gasteiger partial charge in [0.2, 0.25) is 6.79 Å². The summed E-state index contributed by atoms with van der Waals surface area (Å²) in [6.07, 6.45) is 3.76. The molecular formula is C17H10ClIN2O2. The van der Waals surface area contributed by atoms with Gasteiger partial charge in [-0.05, 0) is 64.6 Å². The van der Waals surface area contributed by atoms with Gasteiger partial charge in [0.25, 0.3) is 0 Å². The second kappa shape index (κ2) is 5.98. The van der Waals surface area contributed by atoms with Crippen molar-refractivity contribution in [3.63, 3.8) is 0 Å². The van der Waals surface area contributed by atoms with Gasteiger partial charge in [0.15, 0.2) is 17.3 Å². The van der Waals surface area contributed by atoms with E-state index in [9.17, 15) is 0 Å². The van der Waals surface area contributed by atoms with Crippen LogP contribution in [0, 0.1) is 3.57 Å². The first kappa shape index (κ1) is 14.7. The van der Waals surface area contributed by atoms with Crippen LogP contribution in [0.5, 0.6) is 11.5 Å². The number of rotatable bonds is 2. The van der Waals surface area contributed by atoms with E-state index < -0.39 is 0 Å². The summed E-state index contributed by atoms with van der Waals surface area (Å²) in [5, 5.41) is 1.32. The van der Waals surface area contributed by atoms with Gasteiger partial charge in [-0.1, -0.05) is 23.7 Å². The Hall–Kier alpha value is -1.86. The Bertz CT molecular complexity index is 943. The largest absolute Gasteiger partial charge is 0.454 e. The van der Waals surface area contributed by atoms with Crippen molar-refractivity contribution in [1.29, 1.82) is 0 Å². The molecule has 2 aromatic carbocycles. The van der Waals surface area contributed by atoms with E-state index in [-0.39, 0.29) is 6.79 Å². The van der Waals surface area contributed by atoms with Gasteiger partial charge >= 0.3 is 0 Å². The molecule has 3 aromatic rings.